The van der Waals surface area contributed by atoms with Crippen LogP contribution in [-0.2, 0) is 4.74 Å². The van der Waals surface area contributed by atoms with Gasteiger partial charge in [-0.15, -0.1) is 0 Å². The molecule has 1 amide bonds. The van der Waals surface area contributed by atoms with Gasteiger partial charge in [-0.05, 0) is 18.8 Å². The fourth-order valence-electron chi connectivity index (χ4n) is 1.24. The fourth-order valence-corrected chi connectivity index (χ4v) is 1.24. The first kappa shape index (κ1) is 12.2. The molecule has 0 radical (unpaired) electrons. The lowest BCUT2D eigenvalue weighted by Crippen LogP contribution is -2.29. The average molecular weight is 189 g/mol. The van der Waals surface area contributed by atoms with Gasteiger partial charge in [-0.2, -0.15) is 0 Å². The van der Waals surface area contributed by atoms with Crippen LogP contribution < -0.4 is 5.32 Å². The second kappa shape index (κ2) is 7.86. The van der Waals surface area contributed by atoms with E-state index in [4.69, 9.17) is 5.11 Å². The first-order valence-electron chi connectivity index (χ1n) is 4.67. The molecule has 0 aliphatic rings. The predicted molar refractivity (Wildman–Crippen MR) is 50.5 cm³/mol. The van der Waals surface area contributed by atoms with Crippen molar-refractivity contribution in [3.63, 3.8) is 0 Å². The van der Waals surface area contributed by atoms with Crippen LogP contribution in [0.2, 0.25) is 0 Å². The van der Waals surface area contributed by atoms with Crippen LogP contribution >= 0.6 is 0 Å². The molecule has 0 aliphatic heterocycles. The van der Waals surface area contributed by atoms with Gasteiger partial charge in [0.1, 0.15) is 0 Å². The maximum absolute atomic E-state index is 10.7. The fraction of sp³-hybridized carbons (Fsp3) is 0.889. The highest BCUT2D eigenvalue weighted by Crippen LogP contribution is 2.09. The summed E-state index contributed by atoms with van der Waals surface area (Å²) in [6, 6.07) is 0. The zero-order valence-corrected chi connectivity index (χ0v) is 8.38. The Kier molecular flexibility index (Phi) is 7.39. The molecule has 0 saturated heterocycles. The molecule has 0 bridgehead atoms. The molecule has 0 aromatic carbocycles. The van der Waals surface area contributed by atoms with Crippen LogP contribution in [0.25, 0.3) is 0 Å². The highest BCUT2D eigenvalue weighted by Gasteiger charge is 2.08. The maximum atomic E-state index is 10.7. The van der Waals surface area contributed by atoms with Crippen molar-refractivity contribution in [2.75, 3.05) is 20.3 Å². The topological polar surface area (TPSA) is 58.6 Å². The lowest BCUT2D eigenvalue weighted by molar-refractivity contribution is 0.166. The van der Waals surface area contributed by atoms with E-state index in [1.807, 2.05) is 0 Å². The number of aliphatic hydroxyl groups is 1. The number of hydrogen-bond acceptors (Lipinski definition) is 3. The Balaban J connectivity index is 3.61. The number of methoxy groups -OCH3 is 1. The molecule has 0 aromatic heterocycles. The van der Waals surface area contributed by atoms with Gasteiger partial charge in [-0.1, -0.05) is 13.3 Å². The Morgan fingerprint density at radius 1 is 1.54 bits per heavy atom. The molecule has 1 atom stereocenters. The maximum Gasteiger partial charge on any atom is 0.406 e. The van der Waals surface area contributed by atoms with Gasteiger partial charge in [0.25, 0.3) is 0 Å². The van der Waals surface area contributed by atoms with Crippen molar-refractivity contribution in [3.8, 4) is 0 Å². The standard InChI is InChI=1S/C9H19NO3/c1-3-4-8(5-6-11)7-10-9(12)13-2/h8,11H,3-7H2,1-2H3,(H,10,12). The first-order chi connectivity index (χ1) is 6.24. The van der Waals surface area contributed by atoms with Gasteiger partial charge in [0.2, 0.25) is 0 Å². The lowest BCUT2D eigenvalue weighted by atomic mass is 10.0. The van der Waals surface area contributed by atoms with Crippen molar-refractivity contribution in [2.45, 2.75) is 26.2 Å². The van der Waals surface area contributed by atoms with Gasteiger partial charge in [0, 0.05) is 13.2 Å². The van der Waals surface area contributed by atoms with E-state index < -0.39 is 6.09 Å². The summed E-state index contributed by atoms with van der Waals surface area (Å²) in [6.07, 6.45) is 2.41. The van der Waals surface area contributed by atoms with E-state index >= 15 is 0 Å². The summed E-state index contributed by atoms with van der Waals surface area (Å²) < 4.78 is 4.44. The molecule has 0 rings (SSSR count). The molecule has 1 unspecified atom stereocenters. The van der Waals surface area contributed by atoms with Crippen LogP contribution in [0, 0.1) is 5.92 Å². The number of rotatable bonds is 6. The summed E-state index contributed by atoms with van der Waals surface area (Å²) in [4.78, 5) is 10.7. The van der Waals surface area contributed by atoms with E-state index in [0.29, 0.717) is 12.5 Å². The zero-order chi connectivity index (χ0) is 10.1. The van der Waals surface area contributed by atoms with Crippen LogP contribution in [0.15, 0.2) is 0 Å². The zero-order valence-electron chi connectivity index (χ0n) is 8.38. The Labute approximate surface area is 79.3 Å². The lowest BCUT2D eigenvalue weighted by Gasteiger charge is -2.14. The van der Waals surface area contributed by atoms with Gasteiger partial charge in [-0.25, -0.2) is 4.79 Å². The molecule has 4 heteroatoms. The highest BCUT2D eigenvalue weighted by molar-refractivity contribution is 5.66. The molecule has 2 N–H and O–H groups in total. The minimum Gasteiger partial charge on any atom is -0.453 e. The summed E-state index contributed by atoms with van der Waals surface area (Å²) in [5, 5.41) is 11.4. The van der Waals surface area contributed by atoms with Crippen LogP contribution in [0.5, 0.6) is 0 Å². The number of aliphatic hydroxyl groups excluding tert-OH is 1. The molecule has 0 saturated carbocycles. The van der Waals surface area contributed by atoms with Gasteiger partial charge in [-0.3, -0.25) is 0 Å². The molecule has 0 aliphatic carbocycles. The number of carbonyl (C=O) groups is 1. The van der Waals surface area contributed by atoms with Crippen molar-refractivity contribution in [3.05, 3.63) is 0 Å². The molecule has 13 heavy (non-hydrogen) atoms. The average Bonchev–Trinajstić information content (AvgIpc) is 2.14. The Hall–Kier alpha value is -0.770. The summed E-state index contributed by atoms with van der Waals surface area (Å²) in [5.41, 5.74) is 0. The van der Waals surface area contributed by atoms with Crippen LogP contribution in [0.3, 0.4) is 0 Å². The largest absolute Gasteiger partial charge is 0.453 e. The van der Waals surface area contributed by atoms with E-state index in [1.54, 1.807) is 0 Å². The predicted octanol–water partition coefficient (Wildman–Crippen LogP) is 1.14. The summed E-state index contributed by atoms with van der Waals surface area (Å²) in [5.74, 6) is 0.356. The third-order valence-electron chi connectivity index (χ3n) is 1.95. The molecular weight excluding hydrogens is 170 g/mol. The summed E-state index contributed by atoms with van der Waals surface area (Å²) in [6.45, 7) is 2.84. The van der Waals surface area contributed by atoms with E-state index in [-0.39, 0.29) is 6.61 Å². The van der Waals surface area contributed by atoms with Gasteiger partial charge in [0.05, 0.1) is 7.11 Å². The monoisotopic (exact) mass is 189 g/mol. The molecule has 0 fully saturated rings. The quantitative estimate of drug-likeness (QED) is 0.658. The minimum atomic E-state index is -0.404. The number of ether oxygens (including phenoxy) is 1. The first-order valence-corrected chi connectivity index (χ1v) is 4.67. The van der Waals surface area contributed by atoms with Crippen molar-refractivity contribution < 1.29 is 14.6 Å². The number of carbonyl (C=O) groups excluding carboxylic acids is 1. The third-order valence-corrected chi connectivity index (χ3v) is 1.95. The minimum absolute atomic E-state index is 0.174. The van der Waals surface area contributed by atoms with Crippen LogP contribution in [0.4, 0.5) is 4.79 Å². The molecule has 0 spiro atoms. The van der Waals surface area contributed by atoms with E-state index in [0.717, 1.165) is 19.3 Å². The van der Waals surface area contributed by atoms with Crippen molar-refractivity contribution in [1.82, 2.24) is 5.32 Å². The van der Waals surface area contributed by atoms with Crippen LogP contribution in [0.1, 0.15) is 26.2 Å². The number of hydrogen-bond donors (Lipinski definition) is 2. The van der Waals surface area contributed by atoms with Gasteiger partial charge in [0.15, 0.2) is 0 Å². The smallest absolute Gasteiger partial charge is 0.406 e. The van der Waals surface area contributed by atoms with E-state index in [9.17, 15) is 4.79 Å². The van der Waals surface area contributed by atoms with E-state index in [2.05, 4.69) is 17.0 Å². The Morgan fingerprint density at radius 3 is 2.69 bits per heavy atom. The third kappa shape index (κ3) is 6.40. The number of alkyl carbamates (subject to hydrolysis) is 1. The van der Waals surface area contributed by atoms with Crippen LogP contribution in [-0.4, -0.2) is 31.5 Å². The molecular formula is C9H19NO3. The molecule has 0 heterocycles. The molecule has 4 nitrogen and oxygen atoms in total. The van der Waals surface area contributed by atoms with Crippen molar-refractivity contribution in [1.29, 1.82) is 0 Å². The molecule has 78 valence electrons. The Morgan fingerprint density at radius 2 is 2.23 bits per heavy atom. The second-order valence-electron chi connectivity index (χ2n) is 3.04. The molecule has 0 aromatic rings. The van der Waals surface area contributed by atoms with Crippen molar-refractivity contribution in [2.24, 2.45) is 5.92 Å². The number of nitrogens with one attached hydrogen (secondary N) is 1. The summed E-state index contributed by atoms with van der Waals surface area (Å²) >= 11 is 0. The summed E-state index contributed by atoms with van der Waals surface area (Å²) in [7, 11) is 1.34. The normalized spacial score (nSPS) is 12.2. The Bertz CT molecular complexity index is 133. The van der Waals surface area contributed by atoms with E-state index in [1.165, 1.54) is 7.11 Å². The van der Waals surface area contributed by atoms with Gasteiger partial charge < -0.3 is 15.2 Å². The van der Waals surface area contributed by atoms with Crippen molar-refractivity contribution >= 4 is 6.09 Å². The highest BCUT2D eigenvalue weighted by atomic mass is 16.5. The number of amides is 1. The SMILES string of the molecule is CCCC(CCO)CNC(=O)OC. The van der Waals surface area contributed by atoms with Gasteiger partial charge >= 0.3 is 6.09 Å². The second-order valence-corrected chi connectivity index (χ2v) is 3.04.